The highest BCUT2D eigenvalue weighted by Gasteiger charge is 2.17. The highest BCUT2D eigenvalue weighted by Crippen LogP contribution is 2.38. The molecule has 194 valence electrons. The Bertz CT molecular complexity index is 1860. The maximum atomic E-state index is 5.28. The van der Waals surface area contributed by atoms with Gasteiger partial charge in [0.25, 0.3) is 0 Å². The van der Waals surface area contributed by atoms with Crippen molar-refractivity contribution in [2.45, 2.75) is 0 Å². The Hall–Kier alpha value is -5.54. The summed E-state index contributed by atoms with van der Waals surface area (Å²) in [5.41, 5.74) is 11.1. The highest BCUT2D eigenvalue weighted by atomic mass is 15.1. The first-order chi connectivity index (χ1) is 20.3. The number of aromatic nitrogens is 2. The van der Waals surface area contributed by atoms with E-state index in [1.807, 2.05) is 30.3 Å². The molecule has 0 amide bonds. The predicted molar refractivity (Wildman–Crippen MR) is 171 cm³/mol. The van der Waals surface area contributed by atoms with Crippen molar-refractivity contribution in [3.63, 3.8) is 0 Å². The summed E-state index contributed by atoms with van der Waals surface area (Å²) in [7, 11) is 0. The van der Waals surface area contributed by atoms with Gasteiger partial charge >= 0.3 is 0 Å². The van der Waals surface area contributed by atoms with Gasteiger partial charge in [-0.1, -0.05) is 121 Å². The minimum Gasteiger partial charge on any atom is -0.311 e. The number of hydrogen-bond donors (Lipinski definition) is 0. The highest BCUT2D eigenvalue weighted by molar-refractivity contribution is 5.95. The maximum Gasteiger partial charge on any atom is 0.0973 e. The largest absolute Gasteiger partial charge is 0.311 e. The van der Waals surface area contributed by atoms with Crippen LogP contribution < -0.4 is 4.90 Å². The second-order valence-corrected chi connectivity index (χ2v) is 9.88. The van der Waals surface area contributed by atoms with Crippen molar-refractivity contribution in [2.24, 2.45) is 0 Å². The van der Waals surface area contributed by atoms with Gasteiger partial charge in [0.2, 0.25) is 0 Å². The van der Waals surface area contributed by atoms with Crippen LogP contribution in [0, 0.1) is 0 Å². The quantitative estimate of drug-likeness (QED) is 0.216. The van der Waals surface area contributed by atoms with Crippen LogP contribution in [0.25, 0.3) is 44.7 Å². The SMILES string of the molecule is c1ccc(-c2nc3c(-c4ccccc4)cccc3nc2-c2ccc(N(c3ccccc3)c3ccccc3)cc2)cc1. The standard InChI is InChI=1S/C38H27N3/c1-5-14-28(15-6-1)34-22-13-23-35-38(34)40-37(29-16-7-2-8-17-29)36(39-35)30-24-26-33(27-25-30)41(31-18-9-3-10-19-31)32-20-11-4-12-21-32/h1-27H. The van der Waals surface area contributed by atoms with E-state index < -0.39 is 0 Å². The molecule has 3 nitrogen and oxygen atoms in total. The zero-order valence-corrected chi connectivity index (χ0v) is 22.4. The summed E-state index contributed by atoms with van der Waals surface area (Å²) in [6, 6.07) is 56.5. The fourth-order valence-corrected chi connectivity index (χ4v) is 5.30. The lowest BCUT2D eigenvalue weighted by Gasteiger charge is -2.25. The lowest BCUT2D eigenvalue weighted by molar-refractivity contribution is 1.27. The monoisotopic (exact) mass is 525 g/mol. The van der Waals surface area contributed by atoms with Crippen LogP contribution >= 0.6 is 0 Å². The molecule has 0 radical (unpaired) electrons. The summed E-state index contributed by atoms with van der Waals surface area (Å²) in [6.45, 7) is 0. The number of nitrogens with zero attached hydrogens (tertiary/aromatic N) is 3. The van der Waals surface area contributed by atoms with Crippen molar-refractivity contribution in [1.82, 2.24) is 9.97 Å². The Morgan fingerprint density at radius 1 is 0.341 bits per heavy atom. The molecule has 41 heavy (non-hydrogen) atoms. The number of benzene rings is 6. The molecule has 0 aliphatic rings. The van der Waals surface area contributed by atoms with Gasteiger partial charge in [0.05, 0.1) is 22.4 Å². The van der Waals surface area contributed by atoms with Crippen LogP contribution in [0.3, 0.4) is 0 Å². The Morgan fingerprint density at radius 3 is 1.39 bits per heavy atom. The maximum absolute atomic E-state index is 5.28. The lowest BCUT2D eigenvalue weighted by Crippen LogP contribution is -2.09. The van der Waals surface area contributed by atoms with E-state index in [1.165, 1.54) is 0 Å². The zero-order chi connectivity index (χ0) is 27.4. The minimum atomic E-state index is 0.867. The topological polar surface area (TPSA) is 29.0 Å². The van der Waals surface area contributed by atoms with E-state index >= 15 is 0 Å². The molecule has 6 aromatic carbocycles. The first-order valence-corrected chi connectivity index (χ1v) is 13.8. The molecule has 0 fully saturated rings. The summed E-state index contributed by atoms with van der Waals surface area (Å²) >= 11 is 0. The summed E-state index contributed by atoms with van der Waals surface area (Å²) < 4.78 is 0. The predicted octanol–water partition coefficient (Wildman–Crippen LogP) is 10.1. The smallest absolute Gasteiger partial charge is 0.0973 e. The molecule has 0 saturated heterocycles. The van der Waals surface area contributed by atoms with Crippen LogP contribution in [0.15, 0.2) is 164 Å². The van der Waals surface area contributed by atoms with Crippen LogP contribution in [0.2, 0.25) is 0 Å². The molecular formula is C38H27N3. The van der Waals surface area contributed by atoms with E-state index in [4.69, 9.17) is 9.97 Å². The van der Waals surface area contributed by atoms with Gasteiger partial charge < -0.3 is 4.90 Å². The van der Waals surface area contributed by atoms with Crippen LogP contribution in [-0.4, -0.2) is 9.97 Å². The number of rotatable bonds is 6. The molecule has 0 spiro atoms. The van der Waals surface area contributed by atoms with Crippen molar-refractivity contribution in [3.05, 3.63) is 164 Å². The zero-order valence-electron chi connectivity index (χ0n) is 22.4. The molecule has 3 heteroatoms. The van der Waals surface area contributed by atoms with Crippen molar-refractivity contribution < 1.29 is 0 Å². The van der Waals surface area contributed by atoms with Crippen LogP contribution in [0.1, 0.15) is 0 Å². The second kappa shape index (κ2) is 10.9. The molecule has 7 aromatic rings. The molecule has 0 aliphatic carbocycles. The van der Waals surface area contributed by atoms with Gasteiger partial charge in [-0.25, -0.2) is 9.97 Å². The third-order valence-corrected chi connectivity index (χ3v) is 7.25. The Kier molecular flexibility index (Phi) is 6.52. The van der Waals surface area contributed by atoms with Crippen LogP contribution in [0.5, 0.6) is 0 Å². The van der Waals surface area contributed by atoms with E-state index in [2.05, 4.69) is 138 Å². The minimum absolute atomic E-state index is 0.867. The molecule has 7 rings (SSSR count). The third-order valence-electron chi connectivity index (χ3n) is 7.25. The van der Waals surface area contributed by atoms with Crippen molar-refractivity contribution in [1.29, 1.82) is 0 Å². The number of para-hydroxylation sites is 3. The molecule has 0 aliphatic heterocycles. The number of hydrogen-bond acceptors (Lipinski definition) is 3. The van der Waals surface area contributed by atoms with E-state index in [9.17, 15) is 0 Å². The number of anilines is 3. The second-order valence-electron chi connectivity index (χ2n) is 9.88. The third kappa shape index (κ3) is 4.86. The lowest BCUT2D eigenvalue weighted by atomic mass is 10.0. The van der Waals surface area contributed by atoms with E-state index in [1.54, 1.807) is 0 Å². The summed E-state index contributed by atoms with van der Waals surface area (Å²) in [4.78, 5) is 12.8. The van der Waals surface area contributed by atoms with E-state index in [-0.39, 0.29) is 0 Å². The molecule has 0 N–H and O–H groups in total. The Labute approximate surface area is 240 Å². The molecule has 1 aromatic heterocycles. The number of fused-ring (bicyclic) bond motifs is 1. The van der Waals surface area contributed by atoms with Crippen molar-refractivity contribution in [3.8, 4) is 33.6 Å². The normalized spacial score (nSPS) is 10.9. The first-order valence-electron chi connectivity index (χ1n) is 13.8. The molecule has 0 atom stereocenters. The van der Waals surface area contributed by atoms with E-state index in [0.717, 1.165) is 61.7 Å². The molecule has 0 unspecified atom stereocenters. The first kappa shape index (κ1) is 24.5. The molecular weight excluding hydrogens is 498 g/mol. The Balaban J connectivity index is 1.38. The van der Waals surface area contributed by atoms with Gasteiger partial charge in [-0.15, -0.1) is 0 Å². The van der Waals surface area contributed by atoms with Gasteiger partial charge in [-0.3, -0.25) is 0 Å². The van der Waals surface area contributed by atoms with Crippen molar-refractivity contribution in [2.75, 3.05) is 4.90 Å². The molecule has 0 saturated carbocycles. The van der Waals surface area contributed by atoms with Gasteiger partial charge in [0, 0.05) is 33.8 Å². The molecule has 0 bridgehead atoms. The van der Waals surface area contributed by atoms with Gasteiger partial charge in [0.15, 0.2) is 0 Å². The summed E-state index contributed by atoms with van der Waals surface area (Å²) in [5.74, 6) is 0. The molecule has 1 heterocycles. The van der Waals surface area contributed by atoms with Gasteiger partial charge in [0.1, 0.15) is 0 Å². The van der Waals surface area contributed by atoms with E-state index in [0.29, 0.717) is 0 Å². The summed E-state index contributed by atoms with van der Waals surface area (Å²) in [5, 5.41) is 0. The Morgan fingerprint density at radius 2 is 0.805 bits per heavy atom. The fourth-order valence-electron chi connectivity index (χ4n) is 5.30. The van der Waals surface area contributed by atoms with Gasteiger partial charge in [-0.05, 0) is 48.0 Å². The van der Waals surface area contributed by atoms with Crippen molar-refractivity contribution >= 4 is 28.1 Å². The van der Waals surface area contributed by atoms with Crippen LogP contribution in [0.4, 0.5) is 17.1 Å². The van der Waals surface area contributed by atoms with Crippen LogP contribution in [-0.2, 0) is 0 Å². The summed E-state index contributed by atoms with van der Waals surface area (Å²) in [6.07, 6.45) is 0. The average Bonchev–Trinajstić information content (AvgIpc) is 3.06. The van der Waals surface area contributed by atoms with Gasteiger partial charge in [-0.2, -0.15) is 0 Å². The average molecular weight is 526 g/mol. The fraction of sp³-hybridized carbons (Fsp3) is 0.